The molecule has 5 heteroatoms. The molecule has 0 amide bonds. The van der Waals surface area contributed by atoms with Crippen LogP contribution in [-0.2, 0) is 0 Å². The molecule has 0 aliphatic rings. The fraction of sp³-hybridized carbons (Fsp3) is 0.294. The molecule has 0 heterocycles. The van der Waals surface area contributed by atoms with Gasteiger partial charge in [-0.15, -0.1) is 0 Å². The van der Waals surface area contributed by atoms with Crippen molar-refractivity contribution in [2.24, 2.45) is 0 Å². The number of aliphatic hydroxyl groups is 1. The molecule has 0 fully saturated rings. The lowest BCUT2D eigenvalue weighted by Crippen LogP contribution is -2.24. The van der Waals surface area contributed by atoms with Gasteiger partial charge in [-0.2, -0.15) is 8.78 Å². The number of hydrogen-bond acceptors (Lipinski definition) is 3. The van der Waals surface area contributed by atoms with Gasteiger partial charge in [0.25, 0.3) is 0 Å². The quantitative estimate of drug-likeness (QED) is 0.820. The average Bonchev–Trinajstić information content (AvgIpc) is 2.52. The van der Waals surface area contributed by atoms with Gasteiger partial charge in [-0.25, -0.2) is 0 Å². The highest BCUT2D eigenvalue weighted by Gasteiger charge is 2.12. The molecule has 2 aromatic carbocycles. The minimum atomic E-state index is -2.83. The zero-order valence-corrected chi connectivity index (χ0v) is 12.2. The highest BCUT2D eigenvalue weighted by Crippen LogP contribution is 2.21. The Morgan fingerprint density at radius 2 is 1.73 bits per heavy atom. The van der Waals surface area contributed by atoms with Crippen molar-refractivity contribution in [1.82, 2.24) is 5.32 Å². The molecule has 2 unspecified atom stereocenters. The SMILES string of the molecule is CC(NCC(O)c1ccccc1)c1cccc(OC(F)F)c1. The van der Waals surface area contributed by atoms with E-state index in [9.17, 15) is 13.9 Å². The minimum absolute atomic E-state index is 0.0976. The fourth-order valence-electron chi connectivity index (χ4n) is 2.16. The van der Waals surface area contributed by atoms with Crippen LogP contribution in [0.1, 0.15) is 30.2 Å². The summed E-state index contributed by atoms with van der Waals surface area (Å²) in [6, 6.07) is 15.8. The van der Waals surface area contributed by atoms with Gasteiger partial charge in [0.1, 0.15) is 5.75 Å². The molecular weight excluding hydrogens is 288 g/mol. The third kappa shape index (κ3) is 4.79. The molecule has 2 N–H and O–H groups in total. The van der Waals surface area contributed by atoms with Crippen LogP contribution < -0.4 is 10.1 Å². The van der Waals surface area contributed by atoms with E-state index in [2.05, 4.69) is 10.1 Å². The predicted octanol–water partition coefficient (Wildman–Crippen LogP) is 3.67. The minimum Gasteiger partial charge on any atom is -0.435 e. The molecule has 22 heavy (non-hydrogen) atoms. The Kier molecular flexibility index (Phi) is 5.86. The van der Waals surface area contributed by atoms with Gasteiger partial charge in [-0.1, -0.05) is 42.5 Å². The molecule has 3 nitrogen and oxygen atoms in total. The average molecular weight is 307 g/mol. The number of ether oxygens (including phenoxy) is 1. The van der Waals surface area contributed by atoms with E-state index in [0.29, 0.717) is 6.54 Å². The first kappa shape index (κ1) is 16.4. The first-order valence-corrected chi connectivity index (χ1v) is 7.07. The molecular formula is C17H19F2NO2. The van der Waals surface area contributed by atoms with Crippen LogP contribution >= 0.6 is 0 Å². The van der Waals surface area contributed by atoms with Crippen LogP contribution in [0.3, 0.4) is 0 Å². The standard InChI is InChI=1S/C17H19F2NO2/c1-12(14-8-5-9-15(10-14)22-17(18)19)20-11-16(21)13-6-3-2-4-7-13/h2-10,12,16-17,20-21H,11H2,1H3. The Morgan fingerprint density at radius 3 is 2.41 bits per heavy atom. The van der Waals surface area contributed by atoms with E-state index >= 15 is 0 Å². The number of alkyl halides is 2. The van der Waals surface area contributed by atoms with Gasteiger partial charge in [0.15, 0.2) is 0 Å². The fourth-order valence-corrected chi connectivity index (χ4v) is 2.16. The Balaban J connectivity index is 1.93. The van der Waals surface area contributed by atoms with E-state index in [4.69, 9.17) is 0 Å². The van der Waals surface area contributed by atoms with Gasteiger partial charge in [0, 0.05) is 12.6 Å². The molecule has 2 rings (SSSR count). The van der Waals surface area contributed by atoms with E-state index in [1.165, 1.54) is 6.07 Å². The van der Waals surface area contributed by atoms with Crippen molar-refractivity contribution >= 4 is 0 Å². The van der Waals surface area contributed by atoms with E-state index in [1.54, 1.807) is 12.1 Å². The van der Waals surface area contributed by atoms with Crippen molar-refractivity contribution in [3.63, 3.8) is 0 Å². The van der Waals surface area contributed by atoms with Crippen molar-refractivity contribution in [2.45, 2.75) is 25.7 Å². The number of aliphatic hydroxyl groups excluding tert-OH is 1. The third-order valence-corrected chi connectivity index (χ3v) is 3.38. The maximum absolute atomic E-state index is 12.2. The first-order valence-electron chi connectivity index (χ1n) is 7.07. The molecule has 0 aliphatic carbocycles. The van der Waals surface area contributed by atoms with Gasteiger partial charge < -0.3 is 15.2 Å². The summed E-state index contributed by atoms with van der Waals surface area (Å²) in [5.41, 5.74) is 1.65. The lowest BCUT2D eigenvalue weighted by atomic mass is 10.1. The summed E-state index contributed by atoms with van der Waals surface area (Å²) < 4.78 is 28.8. The van der Waals surface area contributed by atoms with Gasteiger partial charge in [-0.3, -0.25) is 0 Å². The van der Waals surface area contributed by atoms with Gasteiger partial charge in [-0.05, 0) is 30.2 Å². The molecule has 0 bridgehead atoms. The van der Waals surface area contributed by atoms with Crippen LogP contribution in [-0.4, -0.2) is 18.3 Å². The van der Waals surface area contributed by atoms with E-state index in [1.807, 2.05) is 43.3 Å². The molecule has 0 aromatic heterocycles. The molecule has 0 saturated heterocycles. The van der Waals surface area contributed by atoms with Gasteiger partial charge in [0.05, 0.1) is 6.10 Å². The van der Waals surface area contributed by atoms with Gasteiger partial charge in [0.2, 0.25) is 0 Å². The summed E-state index contributed by atoms with van der Waals surface area (Å²) in [5.74, 6) is 0.129. The van der Waals surface area contributed by atoms with Crippen LogP contribution in [0, 0.1) is 0 Å². The van der Waals surface area contributed by atoms with Crippen LogP contribution in [0.25, 0.3) is 0 Å². The Hall–Kier alpha value is -1.98. The second kappa shape index (κ2) is 7.87. The van der Waals surface area contributed by atoms with Crippen LogP contribution in [0.15, 0.2) is 54.6 Å². The highest BCUT2D eigenvalue weighted by molar-refractivity contribution is 5.30. The smallest absolute Gasteiger partial charge is 0.387 e. The Labute approximate surface area is 128 Å². The zero-order chi connectivity index (χ0) is 15.9. The van der Waals surface area contributed by atoms with Crippen molar-refractivity contribution in [3.8, 4) is 5.75 Å². The third-order valence-electron chi connectivity index (χ3n) is 3.38. The topological polar surface area (TPSA) is 41.5 Å². The number of nitrogens with one attached hydrogen (secondary N) is 1. The van der Waals surface area contributed by atoms with Crippen molar-refractivity contribution in [3.05, 3.63) is 65.7 Å². The predicted molar refractivity (Wildman–Crippen MR) is 80.9 cm³/mol. The summed E-state index contributed by atoms with van der Waals surface area (Å²) in [5, 5.41) is 13.3. The normalized spacial score (nSPS) is 13.9. The molecule has 118 valence electrons. The molecule has 0 saturated carbocycles. The largest absolute Gasteiger partial charge is 0.435 e. The summed E-state index contributed by atoms with van der Waals surface area (Å²) in [6.45, 7) is -0.567. The van der Waals surface area contributed by atoms with Crippen molar-refractivity contribution in [2.75, 3.05) is 6.54 Å². The monoisotopic (exact) mass is 307 g/mol. The van der Waals surface area contributed by atoms with Crippen LogP contribution in [0.4, 0.5) is 8.78 Å². The molecule has 0 radical (unpaired) electrons. The summed E-state index contributed by atoms with van der Waals surface area (Å²) in [7, 11) is 0. The second-order valence-electron chi connectivity index (χ2n) is 5.01. The second-order valence-corrected chi connectivity index (χ2v) is 5.01. The maximum Gasteiger partial charge on any atom is 0.387 e. The number of rotatable bonds is 7. The first-order chi connectivity index (χ1) is 10.6. The van der Waals surface area contributed by atoms with Crippen LogP contribution in [0.5, 0.6) is 5.75 Å². The molecule has 0 aliphatic heterocycles. The molecule has 2 atom stereocenters. The number of halogens is 2. The maximum atomic E-state index is 12.2. The summed E-state index contributed by atoms with van der Waals surface area (Å²) in [4.78, 5) is 0. The Bertz CT molecular complexity index is 578. The van der Waals surface area contributed by atoms with E-state index < -0.39 is 12.7 Å². The number of hydrogen-bond donors (Lipinski definition) is 2. The molecule has 2 aromatic rings. The van der Waals surface area contributed by atoms with E-state index in [0.717, 1.165) is 11.1 Å². The van der Waals surface area contributed by atoms with Gasteiger partial charge >= 0.3 is 6.61 Å². The van der Waals surface area contributed by atoms with Crippen molar-refractivity contribution in [1.29, 1.82) is 0 Å². The number of benzene rings is 2. The zero-order valence-electron chi connectivity index (χ0n) is 12.2. The highest BCUT2D eigenvalue weighted by atomic mass is 19.3. The van der Waals surface area contributed by atoms with Crippen molar-refractivity contribution < 1.29 is 18.6 Å². The van der Waals surface area contributed by atoms with Crippen LogP contribution in [0.2, 0.25) is 0 Å². The lowest BCUT2D eigenvalue weighted by molar-refractivity contribution is -0.0499. The van der Waals surface area contributed by atoms with E-state index in [-0.39, 0.29) is 11.8 Å². The Morgan fingerprint density at radius 1 is 1.05 bits per heavy atom. The summed E-state index contributed by atoms with van der Waals surface area (Å²) in [6.07, 6.45) is -0.621. The molecule has 0 spiro atoms. The summed E-state index contributed by atoms with van der Waals surface area (Å²) >= 11 is 0. The lowest BCUT2D eigenvalue weighted by Gasteiger charge is -2.18.